The van der Waals surface area contributed by atoms with Crippen molar-refractivity contribution < 1.29 is 9.53 Å². The molecule has 0 saturated heterocycles. The number of carbonyl (C=O) groups excluding carboxylic acids is 1. The molecule has 1 unspecified atom stereocenters. The first kappa shape index (κ1) is 13.5. The van der Waals surface area contributed by atoms with E-state index in [4.69, 9.17) is 10.5 Å². The molecule has 1 atom stereocenters. The molecule has 0 radical (unpaired) electrons. The Morgan fingerprint density at radius 2 is 2.39 bits per heavy atom. The van der Waals surface area contributed by atoms with E-state index in [2.05, 4.69) is 4.98 Å². The topological polar surface area (TPSA) is 65.2 Å². The summed E-state index contributed by atoms with van der Waals surface area (Å²) in [6.07, 6.45) is 3.84. The van der Waals surface area contributed by atoms with Gasteiger partial charge in [-0.3, -0.25) is 4.79 Å². The molecule has 1 fully saturated rings. The Hall–Kier alpha value is -0.940. The van der Waals surface area contributed by atoms with E-state index in [1.54, 1.807) is 11.3 Å². The van der Waals surface area contributed by atoms with Gasteiger partial charge in [-0.25, -0.2) is 4.98 Å². The van der Waals surface area contributed by atoms with Crippen molar-refractivity contribution in [3.8, 4) is 0 Å². The summed E-state index contributed by atoms with van der Waals surface area (Å²) in [5.74, 6) is 0.443. The Kier molecular flexibility index (Phi) is 4.02. The molecular formula is C13H20N2O2S. The van der Waals surface area contributed by atoms with Crippen LogP contribution in [0.4, 0.5) is 0 Å². The Bertz CT molecular complexity index is 428. The molecule has 1 aromatic heterocycles. The Balaban J connectivity index is 2.18. The van der Waals surface area contributed by atoms with Gasteiger partial charge in [0.1, 0.15) is 0 Å². The van der Waals surface area contributed by atoms with E-state index in [-0.39, 0.29) is 5.97 Å². The van der Waals surface area contributed by atoms with E-state index < -0.39 is 5.41 Å². The molecule has 1 aliphatic rings. The molecule has 4 nitrogen and oxygen atoms in total. The maximum Gasteiger partial charge on any atom is 0.313 e. The highest BCUT2D eigenvalue weighted by atomic mass is 32.1. The number of ether oxygens (including phenoxy) is 1. The maximum absolute atomic E-state index is 12.1. The van der Waals surface area contributed by atoms with Crippen LogP contribution in [0.1, 0.15) is 30.0 Å². The molecule has 5 heteroatoms. The summed E-state index contributed by atoms with van der Waals surface area (Å²) in [5.41, 5.74) is 6.31. The van der Waals surface area contributed by atoms with Crippen LogP contribution >= 0.6 is 11.3 Å². The predicted molar refractivity (Wildman–Crippen MR) is 71.4 cm³/mol. The van der Waals surface area contributed by atoms with E-state index in [1.807, 2.05) is 12.3 Å². The van der Waals surface area contributed by atoms with Gasteiger partial charge >= 0.3 is 5.97 Å². The van der Waals surface area contributed by atoms with E-state index in [0.29, 0.717) is 18.9 Å². The Labute approximate surface area is 112 Å². The van der Waals surface area contributed by atoms with Gasteiger partial charge < -0.3 is 10.5 Å². The Morgan fingerprint density at radius 3 is 2.83 bits per heavy atom. The van der Waals surface area contributed by atoms with Crippen molar-refractivity contribution in [3.05, 3.63) is 16.1 Å². The van der Waals surface area contributed by atoms with Gasteiger partial charge in [-0.05, 0) is 19.3 Å². The second-order valence-electron chi connectivity index (χ2n) is 5.18. The molecule has 0 aromatic carbocycles. The van der Waals surface area contributed by atoms with Crippen LogP contribution < -0.4 is 5.73 Å². The van der Waals surface area contributed by atoms with Crippen LogP contribution in [0.3, 0.4) is 0 Å². The molecule has 0 aliphatic heterocycles. The van der Waals surface area contributed by atoms with Crippen molar-refractivity contribution in [1.29, 1.82) is 0 Å². The molecule has 1 aromatic rings. The first-order valence-corrected chi connectivity index (χ1v) is 7.17. The summed E-state index contributed by atoms with van der Waals surface area (Å²) < 4.78 is 4.97. The number of aromatic nitrogens is 1. The van der Waals surface area contributed by atoms with Crippen LogP contribution in [0, 0.1) is 18.3 Å². The molecule has 0 amide bonds. The molecule has 2 rings (SSSR count). The van der Waals surface area contributed by atoms with Crippen LogP contribution in [-0.4, -0.2) is 24.6 Å². The number of rotatable bonds is 6. The van der Waals surface area contributed by atoms with Gasteiger partial charge in [0, 0.05) is 24.0 Å². The van der Waals surface area contributed by atoms with Gasteiger partial charge in [0.2, 0.25) is 0 Å². The minimum atomic E-state index is -0.583. The fourth-order valence-electron chi connectivity index (χ4n) is 2.33. The highest BCUT2D eigenvalue weighted by molar-refractivity contribution is 7.09. The first-order chi connectivity index (χ1) is 8.59. The van der Waals surface area contributed by atoms with Crippen LogP contribution in [0.2, 0.25) is 0 Å². The summed E-state index contributed by atoms with van der Waals surface area (Å²) in [7, 11) is 1.44. The van der Waals surface area contributed by atoms with E-state index in [1.165, 1.54) is 20.0 Å². The number of hydrogen-bond acceptors (Lipinski definition) is 5. The zero-order valence-electron chi connectivity index (χ0n) is 10.9. The van der Waals surface area contributed by atoms with Gasteiger partial charge in [-0.2, -0.15) is 0 Å². The van der Waals surface area contributed by atoms with Crippen molar-refractivity contribution >= 4 is 17.3 Å². The van der Waals surface area contributed by atoms with Crippen molar-refractivity contribution in [3.63, 3.8) is 0 Å². The smallest absolute Gasteiger partial charge is 0.313 e. The second kappa shape index (κ2) is 5.36. The Morgan fingerprint density at radius 1 is 1.67 bits per heavy atom. The van der Waals surface area contributed by atoms with Gasteiger partial charge in [-0.15, -0.1) is 11.3 Å². The van der Waals surface area contributed by atoms with Gasteiger partial charge in [0.25, 0.3) is 0 Å². The molecule has 1 heterocycles. The number of methoxy groups -OCH3 is 1. The molecule has 0 spiro atoms. The van der Waals surface area contributed by atoms with Crippen molar-refractivity contribution in [2.45, 2.75) is 32.6 Å². The lowest BCUT2D eigenvalue weighted by atomic mass is 9.79. The predicted octanol–water partition coefficient (Wildman–Crippen LogP) is 1.91. The molecule has 100 valence electrons. The third-order valence-corrected chi connectivity index (χ3v) is 4.51. The quantitative estimate of drug-likeness (QED) is 0.800. The summed E-state index contributed by atoms with van der Waals surface area (Å²) in [4.78, 5) is 16.6. The minimum Gasteiger partial charge on any atom is -0.469 e. The molecule has 1 saturated carbocycles. The SMILES string of the molecule is COC(=O)C(CN)(Cc1nc(C)cs1)CC1CC1. The maximum atomic E-state index is 12.1. The highest BCUT2D eigenvalue weighted by Crippen LogP contribution is 2.42. The summed E-state index contributed by atoms with van der Waals surface area (Å²) in [6, 6.07) is 0. The van der Waals surface area contributed by atoms with Gasteiger partial charge in [0.05, 0.1) is 17.5 Å². The fourth-order valence-corrected chi connectivity index (χ4v) is 3.25. The van der Waals surface area contributed by atoms with Crippen molar-refractivity contribution in [1.82, 2.24) is 4.98 Å². The largest absolute Gasteiger partial charge is 0.469 e. The monoisotopic (exact) mass is 268 g/mol. The standard InChI is InChI=1S/C13H20N2O2S/c1-9-7-18-11(15-9)6-13(8-14,12(16)17-2)5-10-3-4-10/h7,10H,3-6,8,14H2,1-2H3. The zero-order valence-corrected chi connectivity index (χ0v) is 11.8. The number of hydrogen-bond donors (Lipinski definition) is 1. The lowest BCUT2D eigenvalue weighted by molar-refractivity contribution is -0.153. The number of nitrogens with two attached hydrogens (primary N) is 1. The van der Waals surface area contributed by atoms with E-state index in [0.717, 1.165) is 17.1 Å². The number of aryl methyl sites for hydroxylation is 1. The zero-order chi connectivity index (χ0) is 13.2. The van der Waals surface area contributed by atoms with Crippen LogP contribution in [0.5, 0.6) is 0 Å². The normalized spacial score (nSPS) is 18.4. The lowest BCUT2D eigenvalue weighted by Gasteiger charge is -2.28. The minimum absolute atomic E-state index is 0.190. The molecule has 2 N–H and O–H groups in total. The van der Waals surface area contributed by atoms with Crippen molar-refractivity contribution in [2.24, 2.45) is 17.1 Å². The molecule has 1 aliphatic carbocycles. The number of carbonyl (C=O) groups is 1. The molecule has 18 heavy (non-hydrogen) atoms. The fraction of sp³-hybridized carbons (Fsp3) is 0.692. The summed E-state index contributed by atoms with van der Waals surface area (Å²) in [6.45, 7) is 2.29. The number of nitrogens with zero attached hydrogens (tertiary/aromatic N) is 1. The van der Waals surface area contributed by atoms with E-state index in [9.17, 15) is 4.79 Å². The van der Waals surface area contributed by atoms with E-state index >= 15 is 0 Å². The summed E-state index contributed by atoms with van der Waals surface area (Å²) >= 11 is 1.59. The third kappa shape index (κ3) is 2.90. The third-order valence-electron chi connectivity index (χ3n) is 3.54. The van der Waals surface area contributed by atoms with Gasteiger partial charge in [0.15, 0.2) is 0 Å². The average Bonchev–Trinajstić information content (AvgIpc) is 3.09. The second-order valence-corrected chi connectivity index (χ2v) is 6.13. The lowest BCUT2D eigenvalue weighted by Crippen LogP contribution is -2.42. The molecular weight excluding hydrogens is 248 g/mol. The number of thiazole rings is 1. The highest BCUT2D eigenvalue weighted by Gasteiger charge is 2.43. The van der Waals surface area contributed by atoms with Gasteiger partial charge in [-0.1, -0.05) is 12.8 Å². The van der Waals surface area contributed by atoms with Crippen molar-refractivity contribution in [2.75, 3.05) is 13.7 Å². The van der Waals surface area contributed by atoms with Crippen LogP contribution in [-0.2, 0) is 16.0 Å². The average molecular weight is 268 g/mol. The summed E-state index contributed by atoms with van der Waals surface area (Å²) in [5, 5.41) is 2.98. The van der Waals surface area contributed by atoms with Crippen LogP contribution in [0.15, 0.2) is 5.38 Å². The molecule has 0 bridgehead atoms. The first-order valence-electron chi connectivity index (χ1n) is 6.29. The van der Waals surface area contributed by atoms with Crippen LogP contribution in [0.25, 0.3) is 0 Å². The number of esters is 1.